The number of hydrogen-bond donors (Lipinski definition) is 0. The molecule has 3 aromatic heterocycles. The summed E-state index contributed by atoms with van der Waals surface area (Å²) in [6.45, 7) is -0.397. The minimum Gasteiger partial charge on any atom is -0.471 e. The average molecular weight is 721 g/mol. The van der Waals surface area contributed by atoms with E-state index in [0.717, 1.165) is 71.8 Å². The number of hydrogen-bond acceptors (Lipinski definition) is 5. The molecule has 0 saturated heterocycles. The maximum atomic E-state index is 7.08. The molecule has 7 aromatic carbocycles. The first-order valence-corrected chi connectivity index (χ1v) is 19.5. The van der Waals surface area contributed by atoms with Crippen molar-refractivity contribution in [1.29, 1.82) is 0 Å². The summed E-state index contributed by atoms with van der Waals surface area (Å²) in [4.78, 5) is 4.86. The van der Waals surface area contributed by atoms with Crippen molar-refractivity contribution in [2.24, 2.45) is 0 Å². The fraction of sp³-hybridized carbons (Fsp3) is 0. The van der Waals surface area contributed by atoms with Crippen molar-refractivity contribution >= 4 is 108 Å². The second-order valence-electron chi connectivity index (χ2n) is 14.3. The molecular formula is C48H29B2NO3S. The maximum absolute atomic E-state index is 7.08. The van der Waals surface area contributed by atoms with Crippen molar-refractivity contribution in [1.82, 2.24) is 0 Å². The van der Waals surface area contributed by atoms with Crippen LogP contribution in [0.1, 0.15) is 0 Å². The van der Waals surface area contributed by atoms with Gasteiger partial charge in [-0.2, -0.15) is 0 Å². The predicted molar refractivity (Wildman–Crippen MR) is 229 cm³/mol. The van der Waals surface area contributed by atoms with E-state index in [1.807, 2.05) is 17.8 Å². The number of anilines is 3. The van der Waals surface area contributed by atoms with Gasteiger partial charge in [-0.25, -0.2) is 0 Å². The smallest absolute Gasteiger partial charge is 0.290 e. The molecule has 0 aliphatic carbocycles. The lowest BCUT2D eigenvalue weighted by Crippen LogP contribution is -2.73. The van der Waals surface area contributed by atoms with Crippen LogP contribution in [0.15, 0.2) is 199 Å². The summed E-state index contributed by atoms with van der Waals surface area (Å²) in [5.74, 6) is 0. The van der Waals surface area contributed by atoms with Crippen molar-refractivity contribution in [3.63, 3.8) is 0 Å². The van der Waals surface area contributed by atoms with Gasteiger partial charge in [0.15, 0.2) is 0 Å². The van der Waals surface area contributed by atoms with Gasteiger partial charge in [-0.1, -0.05) is 132 Å². The first-order chi connectivity index (χ1) is 27.3. The molecular weight excluding hydrogens is 692 g/mol. The highest BCUT2D eigenvalue weighted by atomic mass is 32.2. The summed E-state index contributed by atoms with van der Waals surface area (Å²) in [5.41, 5.74) is 14.9. The summed E-state index contributed by atoms with van der Waals surface area (Å²) in [6.07, 6.45) is 1.77. The number of nitrogens with zero attached hydrogens (tertiary/aromatic N) is 1. The van der Waals surface area contributed by atoms with Crippen LogP contribution in [0.4, 0.5) is 17.1 Å². The van der Waals surface area contributed by atoms with Gasteiger partial charge in [-0.15, -0.1) is 0 Å². The molecule has 4 nitrogen and oxygen atoms in total. The Morgan fingerprint density at radius 1 is 0.436 bits per heavy atom. The number of furan rings is 3. The molecule has 2 aliphatic rings. The van der Waals surface area contributed by atoms with Crippen LogP contribution >= 0.6 is 11.8 Å². The van der Waals surface area contributed by atoms with E-state index in [9.17, 15) is 0 Å². The minimum atomic E-state index is -0.218. The third-order valence-electron chi connectivity index (χ3n) is 11.4. The highest BCUT2D eigenvalue weighted by Gasteiger charge is 2.47. The molecule has 10 aromatic rings. The fourth-order valence-electron chi connectivity index (χ4n) is 8.98. The van der Waals surface area contributed by atoms with Crippen LogP contribution in [0.25, 0.3) is 44.0 Å². The lowest BCUT2D eigenvalue weighted by molar-refractivity contribution is 0.615. The highest BCUT2D eigenvalue weighted by Crippen LogP contribution is 2.51. The molecule has 55 heavy (non-hydrogen) atoms. The van der Waals surface area contributed by atoms with E-state index < -0.39 is 0 Å². The zero-order valence-corrected chi connectivity index (χ0v) is 30.3. The van der Waals surface area contributed by atoms with Gasteiger partial charge in [-0.3, -0.25) is 0 Å². The van der Waals surface area contributed by atoms with E-state index in [1.165, 1.54) is 32.3 Å². The van der Waals surface area contributed by atoms with Crippen LogP contribution in [-0.2, 0) is 0 Å². The summed E-state index contributed by atoms with van der Waals surface area (Å²) in [7, 11) is 0. The zero-order chi connectivity index (χ0) is 36.0. The zero-order valence-electron chi connectivity index (χ0n) is 29.5. The molecule has 7 heteroatoms. The SMILES string of the molecule is c1ccc(-c2ccc(B3c4oc5ccc6occc6c5c4B(c4ccc(N5c6ccccc6Sc6ccccc65)cc4)c4oc5ccccc5c43)cc2)cc1. The topological polar surface area (TPSA) is 42.7 Å². The molecule has 0 bridgehead atoms. The van der Waals surface area contributed by atoms with E-state index >= 15 is 0 Å². The lowest BCUT2D eigenvalue weighted by atomic mass is 9.24. The van der Waals surface area contributed by atoms with Crippen molar-refractivity contribution < 1.29 is 13.3 Å². The average Bonchev–Trinajstić information content (AvgIpc) is 3.98. The molecule has 5 heterocycles. The summed E-state index contributed by atoms with van der Waals surface area (Å²) in [6, 6.07) is 60.4. The fourth-order valence-corrected chi connectivity index (χ4v) is 10.0. The molecule has 0 fully saturated rings. The molecule has 0 N–H and O–H groups in total. The molecule has 0 atom stereocenters. The van der Waals surface area contributed by atoms with Gasteiger partial charge >= 0.3 is 0 Å². The van der Waals surface area contributed by atoms with Crippen LogP contribution in [-0.4, -0.2) is 13.4 Å². The van der Waals surface area contributed by atoms with E-state index in [2.05, 4.69) is 169 Å². The van der Waals surface area contributed by atoms with Gasteiger partial charge in [-0.05, 0) is 82.7 Å². The van der Waals surface area contributed by atoms with E-state index in [4.69, 9.17) is 13.3 Å². The Hall–Kier alpha value is -6.56. The first kappa shape index (κ1) is 30.9. The van der Waals surface area contributed by atoms with Crippen LogP contribution in [0, 0.1) is 0 Å². The number of fused-ring (bicyclic) bond motifs is 10. The maximum Gasteiger partial charge on any atom is 0.290 e. The molecule has 2 aliphatic heterocycles. The van der Waals surface area contributed by atoms with Crippen LogP contribution in [0.5, 0.6) is 0 Å². The molecule has 0 saturated carbocycles. The summed E-state index contributed by atoms with van der Waals surface area (Å²) in [5, 5.41) is 3.22. The van der Waals surface area contributed by atoms with Crippen LogP contribution < -0.4 is 38.1 Å². The van der Waals surface area contributed by atoms with E-state index in [-0.39, 0.29) is 13.4 Å². The Bertz CT molecular complexity index is 3050. The summed E-state index contributed by atoms with van der Waals surface area (Å²) >= 11 is 1.82. The summed E-state index contributed by atoms with van der Waals surface area (Å²) < 4.78 is 20.1. The van der Waals surface area contributed by atoms with Gasteiger partial charge in [0.2, 0.25) is 0 Å². The number of para-hydroxylation sites is 3. The highest BCUT2D eigenvalue weighted by molar-refractivity contribution is 7.99. The second-order valence-corrected chi connectivity index (χ2v) is 15.4. The van der Waals surface area contributed by atoms with Crippen LogP contribution in [0.2, 0.25) is 0 Å². The third kappa shape index (κ3) is 4.63. The standard InChI is InChI=1S/C48H29B2NO3S/c1-2-10-30(11-3-1)31-18-20-32(21-19-31)49-45-36-12-4-7-15-40(36)53-47(45)50(46-44-35-28-29-52-39(35)26-27-41(44)54-48(46)49)33-22-24-34(25-23-33)51-37-13-5-8-16-42(37)55-43-17-9-6-14-38(43)51/h1-29H. The van der Waals surface area contributed by atoms with Crippen molar-refractivity contribution in [2.45, 2.75) is 9.79 Å². The Kier molecular flexibility index (Phi) is 6.72. The van der Waals surface area contributed by atoms with E-state index in [0.29, 0.717) is 0 Å². The van der Waals surface area contributed by atoms with Crippen molar-refractivity contribution in [3.8, 4) is 11.1 Å². The monoisotopic (exact) mass is 721 g/mol. The molecule has 0 radical (unpaired) electrons. The molecule has 0 amide bonds. The van der Waals surface area contributed by atoms with E-state index in [1.54, 1.807) is 6.26 Å². The first-order valence-electron chi connectivity index (χ1n) is 18.6. The van der Waals surface area contributed by atoms with Crippen molar-refractivity contribution in [3.05, 3.63) is 176 Å². The Labute approximate surface area is 322 Å². The van der Waals surface area contributed by atoms with Gasteiger partial charge in [0.25, 0.3) is 13.4 Å². The second kappa shape index (κ2) is 12.0. The lowest BCUT2D eigenvalue weighted by Gasteiger charge is -2.33. The Balaban J connectivity index is 1.08. The van der Waals surface area contributed by atoms with Crippen molar-refractivity contribution in [2.75, 3.05) is 4.90 Å². The number of benzene rings is 7. The molecule has 256 valence electrons. The van der Waals surface area contributed by atoms with Gasteiger partial charge in [0, 0.05) is 31.6 Å². The minimum absolute atomic E-state index is 0.179. The number of rotatable bonds is 4. The Morgan fingerprint density at radius 2 is 1.02 bits per heavy atom. The van der Waals surface area contributed by atoms with Gasteiger partial charge in [0.05, 0.1) is 29.0 Å². The molecule has 0 spiro atoms. The quantitative estimate of drug-likeness (QED) is 0.170. The molecule has 12 rings (SSSR count). The van der Waals surface area contributed by atoms with Gasteiger partial charge in [0.1, 0.15) is 16.7 Å². The van der Waals surface area contributed by atoms with Gasteiger partial charge < -0.3 is 18.2 Å². The predicted octanol–water partition coefficient (Wildman–Crippen LogP) is 8.87. The third-order valence-corrected chi connectivity index (χ3v) is 12.5. The largest absolute Gasteiger partial charge is 0.471 e. The normalized spacial score (nSPS) is 13.3. The Morgan fingerprint density at radius 3 is 1.78 bits per heavy atom. The van der Waals surface area contributed by atoms with Crippen LogP contribution in [0.3, 0.4) is 0 Å². The molecule has 0 unspecified atom stereocenters.